The summed E-state index contributed by atoms with van der Waals surface area (Å²) in [5.41, 5.74) is 0. The molecule has 1 unspecified atom stereocenters. The lowest BCUT2D eigenvalue weighted by Gasteiger charge is -2.37. The molecule has 0 aromatic rings. The van der Waals surface area contributed by atoms with E-state index in [-0.39, 0.29) is 0 Å². The van der Waals surface area contributed by atoms with Crippen molar-refractivity contribution in [3.8, 4) is 0 Å². The van der Waals surface area contributed by atoms with Crippen LogP contribution in [0.3, 0.4) is 0 Å². The minimum absolute atomic E-state index is 0.713. The zero-order chi connectivity index (χ0) is 14.1. The van der Waals surface area contributed by atoms with Gasteiger partial charge in [-0.15, -0.1) is 0 Å². The van der Waals surface area contributed by atoms with Crippen molar-refractivity contribution in [1.29, 1.82) is 0 Å². The van der Waals surface area contributed by atoms with E-state index < -0.39 is 0 Å². The fourth-order valence-electron chi connectivity index (χ4n) is 2.86. The molecule has 1 fully saturated rings. The van der Waals surface area contributed by atoms with Crippen LogP contribution in [-0.2, 0) is 0 Å². The van der Waals surface area contributed by atoms with Crippen molar-refractivity contribution in [2.45, 2.75) is 65.5 Å². The first-order valence-corrected chi connectivity index (χ1v) is 8.37. The zero-order valence-corrected chi connectivity index (χ0v) is 13.6. The standard InChI is InChI=1S/C16H35N3/c1-5-9-17-16(6-2)8-7-10-18-11-13-19(14-12-18)15(3)4/h15-17H,5-14H2,1-4H3. The topological polar surface area (TPSA) is 18.5 Å². The van der Waals surface area contributed by atoms with Gasteiger partial charge < -0.3 is 10.2 Å². The Bertz CT molecular complexity index is 210. The van der Waals surface area contributed by atoms with Crippen LogP contribution < -0.4 is 5.32 Å². The molecule has 0 aliphatic carbocycles. The summed E-state index contributed by atoms with van der Waals surface area (Å²) in [6, 6.07) is 1.45. The first kappa shape index (κ1) is 16.9. The van der Waals surface area contributed by atoms with E-state index in [0.29, 0.717) is 6.04 Å². The molecular weight excluding hydrogens is 234 g/mol. The number of hydrogen-bond acceptors (Lipinski definition) is 3. The van der Waals surface area contributed by atoms with E-state index >= 15 is 0 Å². The second-order valence-corrected chi connectivity index (χ2v) is 6.17. The molecule has 114 valence electrons. The molecule has 0 aromatic carbocycles. The van der Waals surface area contributed by atoms with Crippen LogP contribution >= 0.6 is 0 Å². The molecule has 1 N–H and O–H groups in total. The summed E-state index contributed by atoms with van der Waals surface area (Å²) in [6.07, 6.45) is 5.19. The molecule has 1 atom stereocenters. The van der Waals surface area contributed by atoms with Crippen LogP contribution in [0.25, 0.3) is 0 Å². The van der Waals surface area contributed by atoms with Crippen LogP contribution in [0.4, 0.5) is 0 Å². The van der Waals surface area contributed by atoms with Gasteiger partial charge in [-0.3, -0.25) is 4.90 Å². The van der Waals surface area contributed by atoms with Gasteiger partial charge in [0.25, 0.3) is 0 Å². The number of piperazine rings is 1. The highest BCUT2D eigenvalue weighted by atomic mass is 15.3. The largest absolute Gasteiger partial charge is 0.314 e. The molecule has 0 amide bonds. The molecule has 1 rings (SSSR count). The first-order chi connectivity index (χ1) is 9.17. The normalized spacial score (nSPS) is 20.1. The van der Waals surface area contributed by atoms with Gasteiger partial charge in [-0.2, -0.15) is 0 Å². The van der Waals surface area contributed by atoms with E-state index in [2.05, 4.69) is 42.8 Å². The van der Waals surface area contributed by atoms with Crippen molar-refractivity contribution < 1.29 is 0 Å². The van der Waals surface area contributed by atoms with Gasteiger partial charge >= 0.3 is 0 Å². The van der Waals surface area contributed by atoms with E-state index in [1.807, 2.05) is 0 Å². The van der Waals surface area contributed by atoms with Crippen LogP contribution in [-0.4, -0.2) is 61.2 Å². The third-order valence-electron chi connectivity index (χ3n) is 4.34. The number of nitrogens with zero attached hydrogens (tertiary/aromatic N) is 2. The third kappa shape index (κ3) is 6.73. The molecule has 19 heavy (non-hydrogen) atoms. The predicted octanol–water partition coefficient (Wildman–Crippen LogP) is 2.57. The summed E-state index contributed by atoms with van der Waals surface area (Å²) in [7, 11) is 0. The lowest BCUT2D eigenvalue weighted by atomic mass is 10.1. The van der Waals surface area contributed by atoms with Gasteiger partial charge in [0.05, 0.1) is 0 Å². The van der Waals surface area contributed by atoms with E-state index in [4.69, 9.17) is 0 Å². The molecule has 1 aliphatic heterocycles. The first-order valence-electron chi connectivity index (χ1n) is 8.37. The van der Waals surface area contributed by atoms with Crippen molar-refractivity contribution in [1.82, 2.24) is 15.1 Å². The molecule has 3 heteroatoms. The highest BCUT2D eigenvalue weighted by molar-refractivity contribution is 4.75. The SMILES string of the molecule is CCCNC(CC)CCCN1CCN(C(C)C)CC1. The summed E-state index contributed by atoms with van der Waals surface area (Å²) in [5, 5.41) is 3.65. The minimum Gasteiger partial charge on any atom is -0.314 e. The highest BCUT2D eigenvalue weighted by Crippen LogP contribution is 2.08. The Morgan fingerprint density at radius 1 is 1.05 bits per heavy atom. The summed E-state index contributed by atoms with van der Waals surface area (Å²) >= 11 is 0. The van der Waals surface area contributed by atoms with E-state index in [1.165, 1.54) is 65.0 Å². The molecule has 1 aliphatic rings. The van der Waals surface area contributed by atoms with Gasteiger partial charge in [-0.1, -0.05) is 13.8 Å². The Morgan fingerprint density at radius 2 is 1.74 bits per heavy atom. The monoisotopic (exact) mass is 269 g/mol. The Kier molecular flexibility index (Phi) is 8.67. The number of nitrogens with one attached hydrogen (secondary N) is 1. The Morgan fingerprint density at radius 3 is 2.26 bits per heavy atom. The summed E-state index contributed by atoms with van der Waals surface area (Å²) in [4.78, 5) is 5.24. The highest BCUT2D eigenvalue weighted by Gasteiger charge is 2.18. The third-order valence-corrected chi connectivity index (χ3v) is 4.34. The zero-order valence-electron chi connectivity index (χ0n) is 13.6. The summed E-state index contributed by atoms with van der Waals surface area (Å²) in [5.74, 6) is 0. The average molecular weight is 269 g/mol. The molecule has 1 heterocycles. The number of rotatable bonds is 9. The fraction of sp³-hybridized carbons (Fsp3) is 1.00. The van der Waals surface area contributed by atoms with Gasteiger partial charge in [0.1, 0.15) is 0 Å². The van der Waals surface area contributed by atoms with Gasteiger partial charge in [-0.05, 0) is 52.6 Å². The van der Waals surface area contributed by atoms with E-state index in [1.54, 1.807) is 0 Å². The van der Waals surface area contributed by atoms with E-state index in [0.717, 1.165) is 6.04 Å². The quantitative estimate of drug-likeness (QED) is 0.694. The smallest absolute Gasteiger partial charge is 0.0113 e. The van der Waals surface area contributed by atoms with Crippen LogP contribution in [0.2, 0.25) is 0 Å². The van der Waals surface area contributed by atoms with Crippen molar-refractivity contribution in [2.75, 3.05) is 39.3 Å². The molecule has 0 spiro atoms. The van der Waals surface area contributed by atoms with Crippen molar-refractivity contribution >= 4 is 0 Å². The van der Waals surface area contributed by atoms with Crippen molar-refractivity contribution in [3.63, 3.8) is 0 Å². The van der Waals surface area contributed by atoms with Crippen LogP contribution in [0, 0.1) is 0 Å². The Hall–Kier alpha value is -0.120. The summed E-state index contributed by atoms with van der Waals surface area (Å²) in [6.45, 7) is 16.6. The minimum atomic E-state index is 0.713. The molecule has 0 saturated carbocycles. The van der Waals surface area contributed by atoms with Crippen molar-refractivity contribution in [2.24, 2.45) is 0 Å². The van der Waals surface area contributed by atoms with Crippen LogP contribution in [0.15, 0.2) is 0 Å². The predicted molar refractivity (Wildman–Crippen MR) is 84.8 cm³/mol. The van der Waals surface area contributed by atoms with E-state index in [9.17, 15) is 0 Å². The lowest BCUT2D eigenvalue weighted by molar-refractivity contribution is 0.107. The molecule has 1 saturated heterocycles. The molecule has 3 nitrogen and oxygen atoms in total. The maximum absolute atomic E-state index is 3.65. The molecule has 0 aromatic heterocycles. The number of hydrogen-bond donors (Lipinski definition) is 1. The van der Waals surface area contributed by atoms with Gasteiger partial charge in [0.15, 0.2) is 0 Å². The van der Waals surface area contributed by atoms with Gasteiger partial charge in [-0.25, -0.2) is 0 Å². The lowest BCUT2D eigenvalue weighted by Crippen LogP contribution is -2.49. The molecule has 0 bridgehead atoms. The second-order valence-electron chi connectivity index (χ2n) is 6.17. The molecule has 0 radical (unpaired) electrons. The van der Waals surface area contributed by atoms with Crippen LogP contribution in [0.5, 0.6) is 0 Å². The van der Waals surface area contributed by atoms with Gasteiger partial charge in [0.2, 0.25) is 0 Å². The Labute approximate surface area is 120 Å². The second kappa shape index (κ2) is 9.73. The maximum atomic E-state index is 3.65. The van der Waals surface area contributed by atoms with Gasteiger partial charge in [0, 0.05) is 38.3 Å². The van der Waals surface area contributed by atoms with Crippen molar-refractivity contribution in [3.05, 3.63) is 0 Å². The average Bonchev–Trinajstić information content (AvgIpc) is 2.43. The molecular formula is C16H35N3. The fourth-order valence-corrected chi connectivity index (χ4v) is 2.86. The summed E-state index contributed by atoms with van der Waals surface area (Å²) < 4.78 is 0. The van der Waals surface area contributed by atoms with Crippen LogP contribution in [0.1, 0.15) is 53.4 Å². The Balaban J connectivity index is 2.09. The maximum Gasteiger partial charge on any atom is 0.0113 e.